The Labute approximate surface area is 64.4 Å². The van der Waals surface area contributed by atoms with Gasteiger partial charge in [0.15, 0.2) is 0 Å². The van der Waals surface area contributed by atoms with Gasteiger partial charge in [-0.25, -0.2) is 0 Å². The molecule has 0 atom stereocenters. The second-order valence-electron chi connectivity index (χ2n) is 0.656. The molecule has 1 aromatic heterocycles. The van der Waals surface area contributed by atoms with Gasteiger partial charge in [-0.05, 0) is 0 Å². The quantitative estimate of drug-likeness (QED) is 0.347. The molecule has 1 aromatic rings. The molecule has 0 aliphatic heterocycles. The first-order valence-electron chi connectivity index (χ1n) is 1.30. The zero-order chi connectivity index (χ0) is 3.54. The number of hydrogen-bond donors (Lipinski definition) is 1. The number of aromatic amines is 1. The molecule has 7 heavy (non-hydrogen) atoms. The average Bonchev–Trinajstić information content (AvgIpc) is 1.76. The van der Waals surface area contributed by atoms with E-state index in [4.69, 9.17) is 0 Å². The van der Waals surface area contributed by atoms with Crippen LogP contribution >= 0.6 is 0 Å². The summed E-state index contributed by atoms with van der Waals surface area (Å²) in [7, 11) is 0. The average molecular weight is 111 g/mol. The Morgan fingerprint density at radius 3 is 1.86 bits per heavy atom. The zero-order valence-electron chi connectivity index (χ0n) is 5.05. The van der Waals surface area contributed by atoms with Crippen molar-refractivity contribution in [2.75, 3.05) is 0 Å². The Bertz CT molecular complexity index is 73.8. The van der Waals surface area contributed by atoms with Crippen LogP contribution in [-0.4, -0.2) is 20.9 Å². The van der Waals surface area contributed by atoms with Crippen LogP contribution in [-0.2, 0) is 0 Å². The number of nitrogens with one attached hydrogen (secondary N) is 1. The van der Waals surface area contributed by atoms with E-state index in [1.165, 1.54) is 0 Å². The van der Waals surface area contributed by atoms with Crippen molar-refractivity contribution in [2.45, 2.75) is 0 Å². The van der Waals surface area contributed by atoms with Gasteiger partial charge in [0.25, 0.3) is 0 Å². The summed E-state index contributed by atoms with van der Waals surface area (Å²) in [4.78, 5) is 0. The first kappa shape index (κ1) is 10.2. The molecule has 0 aromatic carbocycles. The number of hydrogen-bond acceptors (Lipinski definition) is 2. The van der Waals surface area contributed by atoms with E-state index in [9.17, 15) is 0 Å². The predicted molar refractivity (Wildman–Crippen MR) is 21.1 cm³/mol. The van der Waals surface area contributed by atoms with Crippen molar-refractivity contribution in [2.24, 2.45) is 0 Å². The maximum Gasteiger partial charge on any atom is 1.00 e. The topological polar surface area (TPSA) is 73.1 Å². The largest absolute Gasteiger partial charge is 1.00 e. The number of aromatic nitrogens is 3. The van der Waals surface area contributed by atoms with Crippen LogP contribution < -0.4 is 29.6 Å². The fourth-order valence-corrected chi connectivity index (χ4v) is 0.167. The van der Waals surface area contributed by atoms with Gasteiger partial charge in [-0.2, -0.15) is 15.4 Å². The molecule has 0 fully saturated rings. The van der Waals surface area contributed by atoms with Crippen LogP contribution in [0, 0.1) is 0 Å². The molecule has 1 rings (SSSR count). The van der Waals surface area contributed by atoms with Crippen molar-refractivity contribution >= 4 is 0 Å². The minimum Gasteiger partial charge on any atom is -1.00 e. The molecular weight excluding hydrogens is 105 g/mol. The van der Waals surface area contributed by atoms with Crippen molar-refractivity contribution in [3.05, 3.63) is 12.4 Å². The smallest absolute Gasteiger partial charge is 1.00 e. The SMILES string of the molecule is O.[H-].[Na+].c1cn[nH]n1. The van der Waals surface area contributed by atoms with Crippen LogP contribution in [0.15, 0.2) is 12.4 Å². The Kier molecular flexibility index (Phi) is 8.85. The molecule has 4 nitrogen and oxygen atoms in total. The van der Waals surface area contributed by atoms with Crippen molar-refractivity contribution in [1.29, 1.82) is 0 Å². The van der Waals surface area contributed by atoms with E-state index in [0.29, 0.717) is 0 Å². The van der Waals surface area contributed by atoms with Crippen LogP contribution in [0.2, 0.25) is 0 Å². The molecule has 0 saturated heterocycles. The Hall–Kier alpha value is 0.1000. The number of rotatable bonds is 0. The molecule has 5 heteroatoms. The summed E-state index contributed by atoms with van der Waals surface area (Å²) in [6.45, 7) is 0. The summed E-state index contributed by atoms with van der Waals surface area (Å²) >= 11 is 0. The monoisotopic (exact) mass is 111 g/mol. The third kappa shape index (κ3) is 3.94. The molecule has 36 valence electrons. The van der Waals surface area contributed by atoms with Gasteiger partial charge in [0.05, 0.1) is 12.4 Å². The maximum atomic E-state index is 3.49. The van der Waals surface area contributed by atoms with Crippen LogP contribution in [0.1, 0.15) is 1.43 Å². The van der Waals surface area contributed by atoms with E-state index in [1.807, 2.05) is 0 Å². The van der Waals surface area contributed by atoms with Gasteiger partial charge < -0.3 is 6.90 Å². The Morgan fingerprint density at radius 1 is 1.29 bits per heavy atom. The van der Waals surface area contributed by atoms with Gasteiger partial charge in [-0.3, -0.25) is 0 Å². The van der Waals surface area contributed by atoms with Crippen LogP contribution in [0.25, 0.3) is 0 Å². The van der Waals surface area contributed by atoms with E-state index in [2.05, 4.69) is 15.4 Å². The standard InChI is InChI=1S/C2H3N3.Na.H2O.H/c1-2-4-5-3-1;;;/h1-2H,(H,3,4,5);;1H2;/q;+1;;-1. The van der Waals surface area contributed by atoms with Crippen LogP contribution in [0.4, 0.5) is 0 Å². The second kappa shape index (κ2) is 6.10. The summed E-state index contributed by atoms with van der Waals surface area (Å²) < 4.78 is 0. The van der Waals surface area contributed by atoms with E-state index < -0.39 is 0 Å². The van der Waals surface area contributed by atoms with Gasteiger partial charge in [-0.1, -0.05) is 0 Å². The first-order valence-corrected chi connectivity index (χ1v) is 1.30. The van der Waals surface area contributed by atoms with Crippen molar-refractivity contribution in [3.63, 3.8) is 0 Å². The van der Waals surface area contributed by atoms with E-state index >= 15 is 0 Å². The summed E-state index contributed by atoms with van der Waals surface area (Å²) in [6.07, 6.45) is 3.17. The molecule has 0 bridgehead atoms. The zero-order valence-corrected chi connectivity index (χ0v) is 6.05. The Balaban J connectivity index is -0.0000000833. The third-order valence-corrected chi connectivity index (χ3v) is 0.331. The fraction of sp³-hybridized carbons (Fsp3) is 0. The molecule has 3 N–H and O–H groups in total. The molecule has 0 aliphatic rings. The van der Waals surface area contributed by atoms with Crippen LogP contribution in [0.3, 0.4) is 0 Å². The summed E-state index contributed by atoms with van der Waals surface area (Å²) in [5, 5.41) is 9.33. The summed E-state index contributed by atoms with van der Waals surface area (Å²) in [5.74, 6) is 0. The predicted octanol–water partition coefficient (Wildman–Crippen LogP) is -3.90. The summed E-state index contributed by atoms with van der Waals surface area (Å²) in [5.41, 5.74) is 0. The van der Waals surface area contributed by atoms with Crippen molar-refractivity contribution < 1.29 is 36.5 Å². The number of nitrogens with zero attached hydrogens (tertiary/aromatic N) is 2. The van der Waals surface area contributed by atoms with E-state index in [1.54, 1.807) is 12.4 Å². The Morgan fingerprint density at radius 2 is 1.71 bits per heavy atom. The molecule has 0 saturated carbocycles. The van der Waals surface area contributed by atoms with Gasteiger partial charge >= 0.3 is 29.6 Å². The molecule has 0 aliphatic carbocycles. The molecule has 0 spiro atoms. The van der Waals surface area contributed by atoms with Crippen LogP contribution in [0.5, 0.6) is 0 Å². The van der Waals surface area contributed by atoms with Gasteiger partial charge in [0.1, 0.15) is 0 Å². The summed E-state index contributed by atoms with van der Waals surface area (Å²) in [6, 6.07) is 0. The molecule has 0 radical (unpaired) electrons. The van der Waals surface area contributed by atoms with Gasteiger partial charge in [0.2, 0.25) is 0 Å². The third-order valence-electron chi connectivity index (χ3n) is 0.331. The van der Waals surface area contributed by atoms with Gasteiger partial charge in [-0.15, -0.1) is 0 Å². The molecule has 1 heterocycles. The van der Waals surface area contributed by atoms with Crippen molar-refractivity contribution in [3.8, 4) is 0 Å². The normalized spacial score (nSPS) is 5.71. The molecule has 0 amide bonds. The maximum absolute atomic E-state index is 3.49. The minimum atomic E-state index is 0. The van der Waals surface area contributed by atoms with E-state index in [-0.39, 0.29) is 36.5 Å². The van der Waals surface area contributed by atoms with Gasteiger partial charge in [0, 0.05) is 0 Å². The molecular formula is C2H6N3NaO. The fourth-order valence-electron chi connectivity index (χ4n) is 0.167. The first-order chi connectivity index (χ1) is 2.50. The number of H-pyrrole nitrogens is 1. The minimum absolute atomic E-state index is 0. The molecule has 0 unspecified atom stereocenters. The van der Waals surface area contributed by atoms with Crippen molar-refractivity contribution in [1.82, 2.24) is 15.4 Å². The van der Waals surface area contributed by atoms with E-state index in [0.717, 1.165) is 0 Å². The second-order valence-corrected chi connectivity index (χ2v) is 0.656.